The maximum atomic E-state index is 5.97. The molecule has 98 valence electrons. The molecule has 2 nitrogen and oxygen atoms in total. The van der Waals surface area contributed by atoms with Crippen LogP contribution in [-0.2, 0) is 17.3 Å². The molecule has 0 fully saturated rings. The average molecular weight is 327 g/mol. The van der Waals surface area contributed by atoms with Crippen molar-refractivity contribution < 1.29 is 0 Å². The second kappa shape index (κ2) is 5.87. The predicted octanol–water partition coefficient (Wildman–Crippen LogP) is 4.83. The van der Waals surface area contributed by atoms with Crippen LogP contribution in [0, 0.1) is 4.64 Å². The van der Waals surface area contributed by atoms with Gasteiger partial charge in [-0.2, -0.15) is 11.8 Å². The quantitative estimate of drug-likeness (QED) is 0.646. The van der Waals surface area contributed by atoms with Crippen molar-refractivity contribution in [2.45, 2.75) is 22.2 Å². The Labute approximate surface area is 130 Å². The van der Waals surface area contributed by atoms with Gasteiger partial charge in [0.05, 0.1) is 5.75 Å². The molecule has 1 N–H and O–H groups in total. The van der Waals surface area contributed by atoms with E-state index < -0.39 is 0 Å². The Hall–Kier alpha value is -0.490. The second-order valence-electron chi connectivity index (χ2n) is 4.18. The molecule has 0 spiro atoms. The molecular formula is C13H11ClN2S3. The molecule has 0 unspecified atom stereocenters. The van der Waals surface area contributed by atoms with Crippen LogP contribution in [0.15, 0.2) is 29.2 Å². The standard InChI is InChI=1S/C13H11ClN2S3/c14-8-2-1-3-9(4-8)19-7-12-15-11-6-18-5-10(11)13(17)16-12/h1-4H,5-7H2,(H,15,16,17). The number of H-pyrrole nitrogens is 1. The Kier molecular flexibility index (Phi) is 4.17. The number of aromatic nitrogens is 2. The lowest BCUT2D eigenvalue weighted by atomic mass is 10.3. The van der Waals surface area contributed by atoms with E-state index in [1.165, 1.54) is 11.3 Å². The van der Waals surface area contributed by atoms with E-state index >= 15 is 0 Å². The lowest BCUT2D eigenvalue weighted by molar-refractivity contribution is 0.963. The van der Waals surface area contributed by atoms with E-state index in [-0.39, 0.29) is 0 Å². The maximum Gasteiger partial charge on any atom is 0.134 e. The lowest BCUT2D eigenvalue weighted by Crippen LogP contribution is -1.99. The third kappa shape index (κ3) is 3.16. The van der Waals surface area contributed by atoms with Crippen LogP contribution in [0.2, 0.25) is 5.02 Å². The fourth-order valence-corrected chi connectivity index (χ4v) is 4.45. The molecule has 19 heavy (non-hydrogen) atoms. The zero-order valence-electron chi connectivity index (χ0n) is 9.98. The van der Waals surface area contributed by atoms with E-state index in [0.29, 0.717) is 0 Å². The zero-order chi connectivity index (χ0) is 13.2. The molecule has 1 aliphatic rings. The van der Waals surface area contributed by atoms with Crippen LogP contribution in [0.3, 0.4) is 0 Å². The monoisotopic (exact) mass is 326 g/mol. The molecule has 1 aliphatic heterocycles. The summed E-state index contributed by atoms with van der Waals surface area (Å²) in [5, 5.41) is 0.760. The van der Waals surface area contributed by atoms with Crippen molar-refractivity contribution >= 4 is 47.3 Å². The normalized spacial score (nSPS) is 13.5. The van der Waals surface area contributed by atoms with Gasteiger partial charge >= 0.3 is 0 Å². The van der Waals surface area contributed by atoms with Gasteiger partial charge in [0.15, 0.2) is 0 Å². The first kappa shape index (κ1) is 13.5. The van der Waals surface area contributed by atoms with E-state index in [1.54, 1.807) is 11.8 Å². The van der Waals surface area contributed by atoms with Gasteiger partial charge in [0.25, 0.3) is 0 Å². The summed E-state index contributed by atoms with van der Waals surface area (Å²) in [5.74, 6) is 3.72. The summed E-state index contributed by atoms with van der Waals surface area (Å²) in [6.45, 7) is 0. The van der Waals surface area contributed by atoms with Crippen LogP contribution in [-0.4, -0.2) is 9.97 Å². The van der Waals surface area contributed by atoms with E-state index in [1.807, 2.05) is 36.0 Å². The van der Waals surface area contributed by atoms with Gasteiger partial charge in [-0.3, -0.25) is 0 Å². The van der Waals surface area contributed by atoms with E-state index in [2.05, 4.69) is 9.97 Å². The molecule has 0 bridgehead atoms. The minimum atomic E-state index is 0.750. The first-order valence-electron chi connectivity index (χ1n) is 5.79. The molecule has 0 radical (unpaired) electrons. The number of halogens is 1. The van der Waals surface area contributed by atoms with Crippen molar-refractivity contribution in [1.82, 2.24) is 9.97 Å². The van der Waals surface area contributed by atoms with E-state index in [4.69, 9.17) is 23.8 Å². The van der Waals surface area contributed by atoms with Gasteiger partial charge in [-0.15, -0.1) is 11.8 Å². The minimum absolute atomic E-state index is 0.750. The van der Waals surface area contributed by atoms with Gasteiger partial charge in [0.2, 0.25) is 0 Å². The van der Waals surface area contributed by atoms with Crippen LogP contribution in [0.4, 0.5) is 0 Å². The van der Waals surface area contributed by atoms with E-state index in [0.717, 1.165) is 37.6 Å². The molecule has 0 amide bonds. The molecule has 2 heterocycles. The van der Waals surface area contributed by atoms with Crippen molar-refractivity contribution in [3.8, 4) is 0 Å². The van der Waals surface area contributed by atoms with Crippen LogP contribution in [0.1, 0.15) is 17.1 Å². The van der Waals surface area contributed by atoms with Gasteiger partial charge in [0, 0.05) is 32.7 Å². The van der Waals surface area contributed by atoms with Crippen molar-refractivity contribution in [1.29, 1.82) is 0 Å². The number of benzene rings is 1. The topological polar surface area (TPSA) is 28.7 Å². The third-order valence-corrected chi connectivity index (χ3v) is 5.38. The predicted molar refractivity (Wildman–Crippen MR) is 85.4 cm³/mol. The Balaban J connectivity index is 1.77. The summed E-state index contributed by atoms with van der Waals surface area (Å²) < 4.78 is 0.750. The summed E-state index contributed by atoms with van der Waals surface area (Å²) in [5.41, 5.74) is 2.45. The maximum absolute atomic E-state index is 5.97. The molecule has 0 atom stereocenters. The molecule has 6 heteroatoms. The Morgan fingerprint density at radius 2 is 2.32 bits per heavy atom. The number of nitrogens with one attached hydrogen (secondary N) is 1. The van der Waals surface area contributed by atoms with Crippen LogP contribution in [0.5, 0.6) is 0 Å². The summed E-state index contributed by atoms with van der Waals surface area (Å²) in [7, 11) is 0. The minimum Gasteiger partial charge on any atom is -0.345 e. The number of rotatable bonds is 3. The molecule has 1 aromatic carbocycles. The van der Waals surface area contributed by atoms with Crippen LogP contribution >= 0.6 is 47.3 Å². The fourth-order valence-electron chi connectivity index (χ4n) is 1.90. The molecule has 0 saturated carbocycles. The SMILES string of the molecule is S=c1nc(CSc2cccc(Cl)c2)[nH]c2c1CSC2. The highest BCUT2D eigenvalue weighted by Gasteiger charge is 2.15. The number of hydrogen-bond acceptors (Lipinski definition) is 4. The number of nitrogens with zero attached hydrogens (tertiary/aromatic N) is 1. The molecule has 1 aromatic heterocycles. The fraction of sp³-hybridized carbons (Fsp3) is 0.231. The van der Waals surface area contributed by atoms with Gasteiger partial charge in [-0.05, 0) is 18.2 Å². The summed E-state index contributed by atoms with van der Waals surface area (Å²) >= 11 is 14.9. The smallest absolute Gasteiger partial charge is 0.134 e. The first-order valence-corrected chi connectivity index (χ1v) is 8.72. The molecule has 0 aliphatic carbocycles. The number of hydrogen-bond donors (Lipinski definition) is 1. The largest absolute Gasteiger partial charge is 0.345 e. The highest BCUT2D eigenvalue weighted by Crippen LogP contribution is 2.30. The van der Waals surface area contributed by atoms with E-state index in [9.17, 15) is 0 Å². The third-order valence-electron chi connectivity index (χ3n) is 2.82. The van der Waals surface area contributed by atoms with Crippen LogP contribution in [0.25, 0.3) is 0 Å². The molecule has 3 rings (SSSR count). The molecule has 0 saturated heterocycles. The van der Waals surface area contributed by atoms with Gasteiger partial charge in [0.1, 0.15) is 10.5 Å². The zero-order valence-corrected chi connectivity index (χ0v) is 13.2. The summed E-state index contributed by atoms with van der Waals surface area (Å²) in [6.07, 6.45) is 0. The van der Waals surface area contributed by atoms with Crippen molar-refractivity contribution in [3.63, 3.8) is 0 Å². The highest BCUT2D eigenvalue weighted by atomic mass is 35.5. The average Bonchev–Trinajstić information content (AvgIpc) is 2.85. The lowest BCUT2D eigenvalue weighted by Gasteiger charge is -2.05. The number of fused-ring (bicyclic) bond motifs is 1. The molecule has 2 aromatic rings. The first-order chi connectivity index (χ1) is 9.22. The number of aromatic amines is 1. The van der Waals surface area contributed by atoms with Gasteiger partial charge < -0.3 is 4.98 Å². The Bertz CT molecular complexity index is 669. The van der Waals surface area contributed by atoms with Crippen molar-refractivity contribution in [2.75, 3.05) is 0 Å². The second-order valence-corrected chi connectivity index (χ2v) is 7.04. The van der Waals surface area contributed by atoms with Crippen molar-refractivity contribution in [2.24, 2.45) is 0 Å². The van der Waals surface area contributed by atoms with Gasteiger partial charge in [-0.25, -0.2) is 4.98 Å². The summed E-state index contributed by atoms with van der Waals surface area (Å²) in [6, 6.07) is 7.85. The highest BCUT2D eigenvalue weighted by molar-refractivity contribution is 7.98. The Morgan fingerprint density at radius 1 is 1.42 bits per heavy atom. The summed E-state index contributed by atoms with van der Waals surface area (Å²) in [4.78, 5) is 9.01. The number of thioether (sulfide) groups is 2. The Morgan fingerprint density at radius 3 is 3.16 bits per heavy atom. The van der Waals surface area contributed by atoms with Crippen LogP contribution < -0.4 is 0 Å². The van der Waals surface area contributed by atoms with Gasteiger partial charge in [-0.1, -0.05) is 29.9 Å². The van der Waals surface area contributed by atoms with Crippen molar-refractivity contribution in [3.05, 3.63) is 51.0 Å². The molecular weight excluding hydrogens is 316 g/mol.